The van der Waals surface area contributed by atoms with Crippen molar-refractivity contribution in [2.75, 3.05) is 19.7 Å². The first kappa shape index (κ1) is 16.5. The fourth-order valence-electron chi connectivity index (χ4n) is 4.91. The van der Waals surface area contributed by atoms with E-state index in [1.54, 1.807) is 11.3 Å². The molecule has 4 fully saturated rings. The van der Waals surface area contributed by atoms with Crippen LogP contribution in [0.15, 0.2) is 29.6 Å². The Morgan fingerprint density at radius 1 is 1.38 bits per heavy atom. The van der Waals surface area contributed by atoms with Crippen LogP contribution < -0.4 is 0 Å². The number of aryl methyl sites for hydroxylation is 1. The molecule has 1 saturated heterocycles. The van der Waals surface area contributed by atoms with Crippen LogP contribution in [0.2, 0.25) is 0 Å². The van der Waals surface area contributed by atoms with Crippen molar-refractivity contribution in [3.63, 3.8) is 0 Å². The topological polar surface area (TPSA) is 42.4 Å². The normalized spacial score (nSPS) is 30.3. The molecule has 1 amide bonds. The third kappa shape index (κ3) is 2.69. The molecule has 1 atom stereocenters. The monoisotopic (exact) mass is 368 g/mol. The summed E-state index contributed by atoms with van der Waals surface area (Å²) in [5.41, 5.74) is 3.35. The lowest BCUT2D eigenvalue weighted by Crippen LogP contribution is -2.51. The average molecular weight is 369 g/mol. The predicted octanol–water partition coefficient (Wildman–Crippen LogP) is 4.21. The zero-order chi connectivity index (χ0) is 17.7. The zero-order valence-electron chi connectivity index (χ0n) is 15.1. The summed E-state index contributed by atoms with van der Waals surface area (Å²) in [5.74, 6) is 1.18. The van der Waals surface area contributed by atoms with E-state index in [9.17, 15) is 4.79 Å². The van der Waals surface area contributed by atoms with Gasteiger partial charge in [0.15, 0.2) is 0 Å². The van der Waals surface area contributed by atoms with E-state index in [1.807, 2.05) is 4.90 Å². The van der Waals surface area contributed by atoms with E-state index in [-0.39, 0.29) is 11.5 Å². The van der Waals surface area contributed by atoms with Gasteiger partial charge in [-0.15, -0.1) is 11.3 Å². The van der Waals surface area contributed by atoms with Crippen molar-refractivity contribution in [1.29, 1.82) is 0 Å². The van der Waals surface area contributed by atoms with E-state index in [4.69, 9.17) is 9.72 Å². The molecule has 6 rings (SSSR count). The maximum absolute atomic E-state index is 13.1. The van der Waals surface area contributed by atoms with Crippen molar-refractivity contribution in [2.45, 2.75) is 38.7 Å². The Labute approximate surface area is 158 Å². The van der Waals surface area contributed by atoms with Gasteiger partial charge in [-0.1, -0.05) is 23.8 Å². The molecule has 1 aromatic carbocycles. The molecule has 26 heavy (non-hydrogen) atoms. The largest absolute Gasteiger partial charge is 0.367 e. The predicted molar refractivity (Wildman–Crippen MR) is 102 cm³/mol. The van der Waals surface area contributed by atoms with Gasteiger partial charge in [0.2, 0.25) is 5.91 Å². The molecule has 4 aliphatic rings. The van der Waals surface area contributed by atoms with E-state index in [0.717, 1.165) is 48.0 Å². The van der Waals surface area contributed by atoms with Crippen LogP contribution in [-0.4, -0.2) is 35.5 Å². The zero-order valence-corrected chi connectivity index (χ0v) is 15.9. The highest BCUT2D eigenvalue weighted by Crippen LogP contribution is 2.59. The van der Waals surface area contributed by atoms with E-state index >= 15 is 0 Å². The molecule has 2 bridgehead atoms. The maximum atomic E-state index is 13.1. The highest BCUT2D eigenvalue weighted by molar-refractivity contribution is 7.10. The molecule has 0 N–H and O–H groups in total. The molecule has 136 valence electrons. The maximum Gasteiger partial charge on any atom is 0.228 e. The second-order valence-electron chi connectivity index (χ2n) is 8.14. The van der Waals surface area contributed by atoms with Gasteiger partial charge in [0.1, 0.15) is 11.1 Å². The van der Waals surface area contributed by atoms with Crippen molar-refractivity contribution in [3.05, 3.63) is 40.2 Å². The Hall–Kier alpha value is -1.72. The SMILES string of the molecule is Cc1cccc(-c2csc([C@H]3CN(C(=O)C45CCC(C4)C5)CCO3)n2)c1. The number of nitrogens with zero attached hydrogens (tertiary/aromatic N) is 2. The molecule has 4 nitrogen and oxygen atoms in total. The number of thiazole rings is 1. The molecule has 2 aromatic rings. The van der Waals surface area contributed by atoms with Crippen molar-refractivity contribution in [1.82, 2.24) is 9.88 Å². The van der Waals surface area contributed by atoms with Crippen LogP contribution >= 0.6 is 11.3 Å². The number of fused-ring (bicyclic) bond motifs is 1. The summed E-state index contributed by atoms with van der Waals surface area (Å²) in [6.45, 7) is 4.07. The minimum atomic E-state index is -0.0927. The Balaban J connectivity index is 1.32. The standard InChI is InChI=1S/C21H24N2O2S/c1-14-3-2-4-16(9-14)17-13-26-19(22-17)18-12-23(7-8-25-18)20(24)21-6-5-15(10-21)11-21/h2-4,9,13,15,18H,5-8,10-12H2,1H3/t15?,18-,21?/m1/s1. The second-order valence-corrected chi connectivity index (χ2v) is 9.03. The molecule has 3 saturated carbocycles. The van der Waals surface area contributed by atoms with Crippen molar-refractivity contribution in [2.24, 2.45) is 11.3 Å². The summed E-state index contributed by atoms with van der Waals surface area (Å²) in [6, 6.07) is 8.41. The molecule has 0 spiro atoms. The van der Waals surface area contributed by atoms with Crippen molar-refractivity contribution >= 4 is 17.2 Å². The fourth-order valence-corrected chi connectivity index (χ4v) is 5.77. The Morgan fingerprint density at radius 3 is 3.04 bits per heavy atom. The average Bonchev–Trinajstić information content (AvgIpc) is 3.36. The summed E-state index contributed by atoms with van der Waals surface area (Å²) in [4.78, 5) is 19.9. The number of aromatic nitrogens is 1. The van der Waals surface area contributed by atoms with E-state index in [1.165, 1.54) is 12.0 Å². The number of rotatable bonds is 3. The van der Waals surface area contributed by atoms with Crippen LogP contribution in [0, 0.1) is 18.3 Å². The van der Waals surface area contributed by atoms with Gasteiger partial charge in [0, 0.05) is 22.9 Å². The Kier molecular flexibility index (Phi) is 3.90. The van der Waals surface area contributed by atoms with Gasteiger partial charge in [-0.05, 0) is 44.6 Å². The van der Waals surface area contributed by atoms with Crippen LogP contribution in [0.1, 0.15) is 42.4 Å². The van der Waals surface area contributed by atoms with E-state index < -0.39 is 0 Å². The van der Waals surface area contributed by atoms with E-state index in [0.29, 0.717) is 19.1 Å². The van der Waals surface area contributed by atoms with Crippen molar-refractivity contribution < 1.29 is 9.53 Å². The summed E-state index contributed by atoms with van der Waals surface area (Å²) in [6.07, 6.45) is 4.47. The number of ether oxygens (including phenoxy) is 1. The molecule has 2 heterocycles. The lowest BCUT2D eigenvalue weighted by Gasteiger charge is -2.43. The highest BCUT2D eigenvalue weighted by atomic mass is 32.1. The van der Waals surface area contributed by atoms with Crippen LogP contribution in [0.25, 0.3) is 11.3 Å². The molecular weight excluding hydrogens is 344 g/mol. The highest BCUT2D eigenvalue weighted by Gasteiger charge is 2.56. The lowest BCUT2D eigenvalue weighted by molar-refractivity contribution is -0.154. The first-order valence-electron chi connectivity index (χ1n) is 9.56. The minimum absolute atomic E-state index is 0.0256. The Morgan fingerprint density at radius 2 is 2.27 bits per heavy atom. The third-order valence-electron chi connectivity index (χ3n) is 6.31. The number of benzene rings is 1. The van der Waals surface area contributed by atoms with Gasteiger partial charge in [0.05, 0.1) is 18.8 Å². The number of morpholine rings is 1. The summed E-state index contributed by atoms with van der Waals surface area (Å²) in [7, 11) is 0. The quantitative estimate of drug-likeness (QED) is 0.815. The number of carbonyl (C=O) groups is 1. The van der Waals surface area contributed by atoms with Gasteiger partial charge in [0.25, 0.3) is 0 Å². The van der Waals surface area contributed by atoms with Crippen LogP contribution in [-0.2, 0) is 9.53 Å². The summed E-state index contributed by atoms with van der Waals surface area (Å²) < 4.78 is 5.98. The summed E-state index contributed by atoms with van der Waals surface area (Å²) >= 11 is 1.64. The number of hydrogen-bond donors (Lipinski definition) is 0. The first-order chi connectivity index (χ1) is 12.6. The molecular formula is C21H24N2O2S. The molecule has 0 radical (unpaired) electrons. The van der Waals surface area contributed by atoms with Crippen LogP contribution in [0.5, 0.6) is 0 Å². The Bertz CT molecular complexity index is 835. The molecule has 0 unspecified atom stereocenters. The molecule has 5 heteroatoms. The second kappa shape index (κ2) is 6.17. The molecule has 1 aliphatic heterocycles. The van der Waals surface area contributed by atoms with Gasteiger partial charge < -0.3 is 9.64 Å². The van der Waals surface area contributed by atoms with Crippen molar-refractivity contribution in [3.8, 4) is 11.3 Å². The van der Waals surface area contributed by atoms with Crippen LogP contribution in [0.3, 0.4) is 0 Å². The smallest absolute Gasteiger partial charge is 0.228 e. The fraction of sp³-hybridized carbons (Fsp3) is 0.524. The van der Waals surface area contributed by atoms with Gasteiger partial charge in [-0.3, -0.25) is 4.79 Å². The van der Waals surface area contributed by atoms with E-state index in [2.05, 4.69) is 36.6 Å². The number of hydrogen-bond acceptors (Lipinski definition) is 4. The number of amides is 1. The van der Waals surface area contributed by atoms with Gasteiger partial charge >= 0.3 is 0 Å². The number of carbonyl (C=O) groups excluding carboxylic acids is 1. The minimum Gasteiger partial charge on any atom is -0.367 e. The van der Waals surface area contributed by atoms with Crippen LogP contribution in [0.4, 0.5) is 0 Å². The van der Waals surface area contributed by atoms with Gasteiger partial charge in [-0.2, -0.15) is 0 Å². The molecule has 1 aromatic heterocycles. The summed E-state index contributed by atoms with van der Waals surface area (Å²) in [5, 5.41) is 3.08. The lowest BCUT2D eigenvalue weighted by atomic mass is 9.68. The third-order valence-corrected chi connectivity index (χ3v) is 7.25. The first-order valence-corrected chi connectivity index (χ1v) is 10.4. The van der Waals surface area contributed by atoms with Gasteiger partial charge in [-0.25, -0.2) is 4.98 Å². The molecule has 3 aliphatic carbocycles.